The van der Waals surface area contributed by atoms with E-state index in [0.29, 0.717) is 35.5 Å². The Morgan fingerprint density at radius 3 is 2.66 bits per heavy atom. The topological polar surface area (TPSA) is 56.7 Å². The predicted molar refractivity (Wildman–Crippen MR) is 119 cm³/mol. The number of rotatable bonds is 6. The van der Waals surface area contributed by atoms with Gasteiger partial charge in [0.05, 0.1) is 16.1 Å². The van der Waals surface area contributed by atoms with Gasteiger partial charge in [-0.1, -0.05) is 53.5 Å². The molecule has 7 heteroatoms. The van der Waals surface area contributed by atoms with Gasteiger partial charge in [0.25, 0.3) is 0 Å². The number of carbonyl (C=O) groups excluding carboxylic acids is 1. The predicted octanol–water partition coefficient (Wildman–Crippen LogP) is 4.54. The van der Waals surface area contributed by atoms with Crippen LogP contribution in [0.15, 0.2) is 47.5 Å². The largest absolute Gasteiger partial charge is 0.352 e. The summed E-state index contributed by atoms with van der Waals surface area (Å²) >= 11 is 12.1. The van der Waals surface area contributed by atoms with E-state index in [1.54, 1.807) is 13.1 Å². The molecule has 0 radical (unpaired) electrons. The first kappa shape index (κ1) is 21.5. The minimum absolute atomic E-state index is 0.0171. The quantitative estimate of drug-likeness (QED) is 0.520. The Bertz CT molecular complexity index is 900. The van der Waals surface area contributed by atoms with Crippen LogP contribution in [0.2, 0.25) is 10.0 Å². The Morgan fingerprint density at radius 1 is 1.17 bits per heavy atom. The van der Waals surface area contributed by atoms with Crippen molar-refractivity contribution >= 4 is 35.1 Å². The molecule has 1 fully saturated rings. The molecule has 0 aromatic heterocycles. The van der Waals surface area contributed by atoms with Gasteiger partial charge in [-0.15, -0.1) is 0 Å². The van der Waals surface area contributed by atoms with Crippen LogP contribution in [-0.4, -0.2) is 30.4 Å². The minimum Gasteiger partial charge on any atom is -0.352 e. The van der Waals surface area contributed by atoms with Crippen LogP contribution in [0, 0.1) is 0 Å². The molecule has 1 aliphatic rings. The highest BCUT2D eigenvalue weighted by molar-refractivity contribution is 6.42. The first-order chi connectivity index (χ1) is 14.0. The van der Waals surface area contributed by atoms with Gasteiger partial charge >= 0.3 is 0 Å². The van der Waals surface area contributed by atoms with Crippen LogP contribution in [0.1, 0.15) is 42.5 Å². The molecule has 1 heterocycles. The van der Waals surface area contributed by atoms with E-state index < -0.39 is 0 Å². The van der Waals surface area contributed by atoms with Crippen LogP contribution < -0.4 is 10.6 Å². The minimum atomic E-state index is 0.0171. The average Bonchev–Trinajstić information content (AvgIpc) is 3.11. The molecule has 0 spiro atoms. The Labute approximate surface area is 182 Å². The van der Waals surface area contributed by atoms with E-state index >= 15 is 0 Å². The van der Waals surface area contributed by atoms with Crippen molar-refractivity contribution in [2.24, 2.45) is 4.99 Å². The summed E-state index contributed by atoms with van der Waals surface area (Å²) in [6.07, 6.45) is 1.62. The lowest BCUT2D eigenvalue weighted by Crippen LogP contribution is -2.38. The summed E-state index contributed by atoms with van der Waals surface area (Å²) in [7, 11) is 1.74. The lowest BCUT2D eigenvalue weighted by Gasteiger charge is -2.19. The summed E-state index contributed by atoms with van der Waals surface area (Å²) in [5.74, 6) is 0.943. The Balaban J connectivity index is 1.57. The van der Waals surface area contributed by atoms with Crippen molar-refractivity contribution in [1.82, 2.24) is 15.5 Å². The van der Waals surface area contributed by atoms with Gasteiger partial charge in [0, 0.05) is 33.1 Å². The fourth-order valence-corrected chi connectivity index (χ4v) is 3.69. The fraction of sp³-hybridized carbons (Fsp3) is 0.364. The van der Waals surface area contributed by atoms with Crippen molar-refractivity contribution in [3.63, 3.8) is 0 Å². The number of aliphatic imine (C=N–C) groups is 1. The maximum absolute atomic E-state index is 11.9. The number of carbonyl (C=O) groups is 1. The maximum Gasteiger partial charge on any atom is 0.222 e. The number of nitrogens with zero attached hydrogens (tertiary/aromatic N) is 2. The van der Waals surface area contributed by atoms with Crippen molar-refractivity contribution in [3.8, 4) is 0 Å². The lowest BCUT2D eigenvalue weighted by atomic mass is 10.1. The van der Waals surface area contributed by atoms with Crippen LogP contribution in [0.5, 0.6) is 0 Å². The van der Waals surface area contributed by atoms with Gasteiger partial charge in [-0.3, -0.25) is 9.79 Å². The molecule has 5 nitrogen and oxygen atoms in total. The number of hydrogen-bond acceptors (Lipinski definition) is 2. The fourth-order valence-electron chi connectivity index (χ4n) is 3.38. The van der Waals surface area contributed by atoms with E-state index in [2.05, 4.69) is 33.8 Å². The zero-order chi connectivity index (χ0) is 20.8. The zero-order valence-electron chi connectivity index (χ0n) is 16.7. The summed E-state index contributed by atoms with van der Waals surface area (Å²) < 4.78 is 0. The van der Waals surface area contributed by atoms with E-state index in [4.69, 9.17) is 23.2 Å². The SMILES string of the molecule is CN=C(NCc1cccc(CN2CCCC2=O)c1)NC(C)c1ccc(Cl)c(Cl)c1. The summed E-state index contributed by atoms with van der Waals surface area (Å²) in [5, 5.41) is 7.78. The number of nitrogens with one attached hydrogen (secondary N) is 2. The monoisotopic (exact) mass is 432 g/mol. The molecular formula is C22H26Cl2N4O. The maximum atomic E-state index is 11.9. The second kappa shape index (κ2) is 9.99. The molecule has 2 aromatic carbocycles. The smallest absolute Gasteiger partial charge is 0.222 e. The van der Waals surface area contributed by atoms with Gasteiger partial charge in [-0.25, -0.2) is 0 Å². The first-order valence-electron chi connectivity index (χ1n) is 9.74. The molecule has 1 atom stereocenters. The van der Waals surface area contributed by atoms with Crippen LogP contribution in [0.25, 0.3) is 0 Å². The van der Waals surface area contributed by atoms with E-state index in [-0.39, 0.29) is 11.9 Å². The van der Waals surface area contributed by atoms with E-state index in [1.807, 2.05) is 30.0 Å². The number of halogens is 2. The van der Waals surface area contributed by atoms with Crippen molar-refractivity contribution in [2.45, 2.75) is 38.9 Å². The second-order valence-electron chi connectivity index (χ2n) is 7.20. The Morgan fingerprint density at radius 2 is 1.97 bits per heavy atom. The van der Waals surface area contributed by atoms with Gasteiger partial charge in [-0.05, 0) is 42.2 Å². The normalized spacial score (nSPS) is 15.5. The van der Waals surface area contributed by atoms with Gasteiger partial charge in [-0.2, -0.15) is 0 Å². The third-order valence-electron chi connectivity index (χ3n) is 5.02. The third-order valence-corrected chi connectivity index (χ3v) is 5.76. The zero-order valence-corrected chi connectivity index (χ0v) is 18.2. The Hall–Kier alpha value is -2.24. The number of hydrogen-bond donors (Lipinski definition) is 2. The molecule has 0 bridgehead atoms. The molecule has 2 N–H and O–H groups in total. The first-order valence-corrected chi connectivity index (χ1v) is 10.5. The van der Waals surface area contributed by atoms with E-state index in [9.17, 15) is 4.79 Å². The molecule has 1 aliphatic heterocycles. The number of likely N-dealkylation sites (tertiary alicyclic amines) is 1. The van der Waals surface area contributed by atoms with Gasteiger partial charge in [0.2, 0.25) is 5.91 Å². The Kier molecular flexibility index (Phi) is 7.40. The van der Waals surface area contributed by atoms with Crippen molar-refractivity contribution in [1.29, 1.82) is 0 Å². The second-order valence-corrected chi connectivity index (χ2v) is 8.02. The molecule has 2 aromatic rings. The summed E-state index contributed by atoms with van der Waals surface area (Å²) in [6, 6.07) is 13.9. The average molecular weight is 433 g/mol. The highest BCUT2D eigenvalue weighted by atomic mass is 35.5. The number of guanidine groups is 1. The van der Waals surface area contributed by atoms with Crippen LogP contribution in [0.4, 0.5) is 0 Å². The van der Waals surface area contributed by atoms with Crippen molar-refractivity contribution < 1.29 is 4.79 Å². The number of benzene rings is 2. The highest BCUT2D eigenvalue weighted by Gasteiger charge is 2.20. The molecule has 0 aliphatic carbocycles. The van der Waals surface area contributed by atoms with Crippen LogP contribution in [0.3, 0.4) is 0 Å². The molecule has 154 valence electrons. The van der Waals surface area contributed by atoms with Gasteiger partial charge < -0.3 is 15.5 Å². The van der Waals surface area contributed by atoms with Crippen LogP contribution >= 0.6 is 23.2 Å². The van der Waals surface area contributed by atoms with Crippen molar-refractivity contribution in [3.05, 3.63) is 69.2 Å². The standard InChI is InChI=1S/C22H26Cl2N4O/c1-15(18-8-9-19(23)20(24)12-18)27-22(25-2)26-13-16-5-3-6-17(11-16)14-28-10-4-7-21(28)29/h3,5-6,8-9,11-12,15H,4,7,10,13-14H2,1-2H3,(H2,25,26,27). The molecule has 29 heavy (non-hydrogen) atoms. The van der Waals surface area contributed by atoms with Crippen molar-refractivity contribution in [2.75, 3.05) is 13.6 Å². The van der Waals surface area contributed by atoms with Gasteiger partial charge in [0.15, 0.2) is 5.96 Å². The molecule has 1 saturated heterocycles. The lowest BCUT2D eigenvalue weighted by molar-refractivity contribution is -0.128. The van der Waals surface area contributed by atoms with E-state index in [1.165, 1.54) is 0 Å². The molecule has 3 rings (SSSR count). The summed E-state index contributed by atoms with van der Waals surface area (Å²) in [6.45, 7) is 4.20. The molecule has 1 amide bonds. The highest BCUT2D eigenvalue weighted by Crippen LogP contribution is 2.25. The van der Waals surface area contributed by atoms with Crippen LogP contribution in [-0.2, 0) is 17.9 Å². The third kappa shape index (κ3) is 5.87. The summed E-state index contributed by atoms with van der Waals surface area (Å²) in [5.41, 5.74) is 3.31. The molecule has 1 unspecified atom stereocenters. The van der Waals surface area contributed by atoms with E-state index in [0.717, 1.165) is 29.7 Å². The van der Waals surface area contributed by atoms with Gasteiger partial charge in [0.1, 0.15) is 0 Å². The number of amides is 1. The molecule has 0 saturated carbocycles. The summed E-state index contributed by atoms with van der Waals surface area (Å²) in [4.78, 5) is 18.1. The molecular weight excluding hydrogens is 407 g/mol.